The molecule has 0 saturated carbocycles. The molecular weight excluding hydrogens is 292 g/mol. The van der Waals surface area contributed by atoms with Gasteiger partial charge in [-0.1, -0.05) is 0 Å². The van der Waals surface area contributed by atoms with Crippen molar-refractivity contribution in [1.82, 2.24) is 0 Å². The molecule has 0 heterocycles. The van der Waals surface area contributed by atoms with Gasteiger partial charge in [0.05, 0.1) is 0 Å². The first kappa shape index (κ1) is 19.1. The molecule has 7 heteroatoms. The number of hydrogen-bond acceptors (Lipinski definition) is 4. The second kappa shape index (κ2) is 15.0. The summed E-state index contributed by atoms with van der Waals surface area (Å²) < 4.78 is 0.551. The number of thiocarbonyl (C=S) groups is 2. The second-order valence-electron chi connectivity index (χ2n) is 1.31. The van der Waals surface area contributed by atoms with E-state index in [9.17, 15) is 0 Å². The molecule has 0 spiro atoms. The van der Waals surface area contributed by atoms with Gasteiger partial charge in [-0.2, -0.15) is 0 Å². The molecule has 0 fully saturated rings. The van der Waals surface area contributed by atoms with Crippen molar-refractivity contribution < 1.29 is 17.1 Å². The maximum atomic E-state index is 4.41. The van der Waals surface area contributed by atoms with Gasteiger partial charge in [0.2, 0.25) is 0 Å². The van der Waals surface area contributed by atoms with Crippen LogP contribution in [0.2, 0.25) is 0 Å². The molecular formula is C6H8CuN2S4. The van der Waals surface area contributed by atoms with E-state index in [0.717, 1.165) is 0 Å². The van der Waals surface area contributed by atoms with Crippen molar-refractivity contribution in [3.05, 3.63) is 0 Å². The Kier molecular flexibility index (Phi) is 22.0. The maximum absolute atomic E-state index is 4.41. The smallest absolute Gasteiger partial charge is 0.409 e. The van der Waals surface area contributed by atoms with Crippen LogP contribution < -0.4 is 0 Å². The largest absolute Gasteiger partial charge is 2.00 e. The fourth-order valence-electron chi connectivity index (χ4n) is 0.211. The summed E-state index contributed by atoms with van der Waals surface area (Å²) in [5.74, 6) is 0. The summed E-state index contributed by atoms with van der Waals surface area (Å²) in [6.07, 6.45) is 3.16. The molecule has 0 aromatic rings. The van der Waals surface area contributed by atoms with Crippen molar-refractivity contribution in [3.8, 4) is 0 Å². The zero-order valence-electron chi connectivity index (χ0n) is 6.98. The quantitative estimate of drug-likeness (QED) is 0.295. The molecule has 0 aliphatic heterocycles. The van der Waals surface area contributed by atoms with Crippen LogP contribution in [0.4, 0.5) is 0 Å². The topological polar surface area (TPSA) is 24.7 Å². The van der Waals surface area contributed by atoms with Gasteiger partial charge < -0.3 is 49.7 Å². The van der Waals surface area contributed by atoms with Crippen LogP contribution in [0.25, 0.3) is 0 Å². The monoisotopic (exact) mass is 299 g/mol. The van der Waals surface area contributed by atoms with E-state index in [2.05, 4.69) is 59.7 Å². The average Bonchev–Trinajstić information content (AvgIpc) is 1.87. The SMILES string of the molecule is C/C=N/C(=S)[S-].C/C=N/C(=S)[S-].[Cu+2]. The summed E-state index contributed by atoms with van der Waals surface area (Å²) in [4.78, 5) is 7.09. The van der Waals surface area contributed by atoms with Crippen LogP contribution in [0, 0.1) is 0 Å². The second-order valence-corrected chi connectivity index (χ2v) is 3.37. The predicted octanol–water partition coefficient (Wildman–Crippen LogP) is 1.82. The van der Waals surface area contributed by atoms with Crippen LogP contribution in [-0.2, 0) is 42.3 Å². The van der Waals surface area contributed by atoms with Crippen molar-refractivity contribution in [2.45, 2.75) is 13.8 Å². The molecule has 0 bridgehead atoms. The Morgan fingerprint density at radius 1 is 1.00 bits per heavy atom. The van der Waals surface area contributed by atoms with Crippen molar-refractivity contribution >= 4 is 70.8 Å². The van der Waals surface area contributed by atoms with E-state index in [4.69, 9.17) is 0 Å². The minimum Gasteiger partial charge on any atom is -0.409 e. The van der Waals surface area contributed by atoms with Gasteiger partial charge in [-0.3, -0.25) is 9.98 Å². The third kappa shape index (κ3) is 32.6. The summed E-state index contributed by atoms with van der Waals surface area (Å²) in [6.45, 7) is 3.55. The molecule has 13 heavy (non-hydrogen) atoms. The summed E-state index contributed by atoms with van der Waals surface area (Å²) in [6, 6.07) is 0. The third-order valence-corrected chi connectivity index (χ3v) is 0.891. The number of hydrogen-bond donors (Lipinski definition) is 0. The standard InChI is InChI=1S/2C3H5NS2.Cu/c2*1-2-4-3(5)6;/h2*2H,1H3,(H,5,6);/q;;+2/p-2/b2*4-2+;. The van der Waals surface area contributed by atoms with E-state index in [0.29, 0.717) is 0 Å². The molecule has 0 saturated heterocycles. The first-order chi connectivity index (χ1) is 5.54. The van der Waals surface area contributed by atoms with E-state index in [1.807, 2.05) is 0 Å². The Morgan fingerprint density at radius 3 is 1.23 bits per heavy atom. The normalized spacial score (nSPS) is 8.77. The van der Waals surface area contributed by atoms with E-state index in [1.54, 1.807) is 26.3 Å². The van der Waals surface area contributed by atoms with Crippen LogP contribution in [-0.4, -0.2) is 21.1 Å². The Bertz CT molecular complexity index is 181. The minimum atomic E-state index is 0. The van der Waals surface area contributed by atoms with Gasteiger partial charge in [-0.15, -0.1) is 0 Å². The predicted molar refractivity (Wildman–Crippen MR) is 68.3 cm³/mol. The Hall–Kier alpha value is 0.479. The summed E-state index contributed by atoms with van der Waals surface area (Å²) in [5.41, 5.74) is 0. The molecule has 1 radical (unpaired) electrons. The van der Waals surface area contributed by atoms with E-state index >= 15 is 0 Å². The number of rotatable bonds is 0. The number of nitrogens with zero attached hydrogens (tertiary/aromatic N) is 2. The first-order valence-electron chi connectivity index (χ1n) is 2.93. The van der Waals surface area contributed by atoms with Gasteiger partial charge in [-0.05, 0) is 34.9 Å². The minimum absolute atomic E-state index is 0. The van der Waals surface area contributed by atoms with Crippen molar-refractivity contribution in [2.24, 2.45) is 9.98 Å². The van der Waals surface area contributed by atoms with Crippen molar-refractivity contribution in [3.63, 3.8) is 0 Å². The van der Waals surface area contributed by atoms with Gasteiger partial charge in [0.1, 0.15) is 0 Å². The van der Waals surface area contributed by atoms with E-state index < -0.39 is 0 Å². The fourth-order valence-corrected chi connectivity index (χ4v) is 0.632. The van der Waals surface area contributed by atoms with Gasteiger partial charge in [-0.25, -0.2) is 0 Å². The fraction of sp³-hybridized carbons (Fsp3) is 0.333. The van der Waals surface area contributed by atoms with Gasteiger partial charge in [0.15, 0.2) is 0 Å². The zero-order chi connectivity index (χ0) is 9.98. The molecule has 0 aromatic heterocycles. The Morgan fingerprint density at radius 2 is 1.23 bits per heavy atom. The third-order valence-electron chi connectivity index (χ3n) is 0.469. The molecule has 0 N–H and O–H groups in total. The van der Waals surface area contributed by atoms with Crippen LogP contribution in [0.1, 0.15) is 13.8 Å². The molecule has 0 aliphatic rings. The first-order valence-corrected chi connectivity index (χ1v) is 4.57. The molecule has 0 aliphatic carbocycles. The summed E-state index contributed by atoms with van der Waals surface area (Å²) >= 11 is 17.6. The van der Waals surface area contributed by atoms with E-state index in [-0.39, 0.29) is 25.7 Å². The molecule has 0 rings (SSSR count). The maximum Gasteiger partial charge on any atom is 2.00 e. The molecule has 2 nitrogen and oxygen atoms in total. The molecule has 0 aromatic carbocycles. The molecule has 0 atom stereocenters. The Balaban J connectivity index is -0.000000143. The van der Waals surface area contributed by atoms with Gasteiger partial charge in [0.25, 0.3) is 0 Å². The van der Waals surface area contributed by atoms with E-state index in [1.165, 1.54) is 0 Å². The van der Waals surface area contributed by atoms with Crippen LogP contribution in [0.5, 0.6) is 0 Å². The molecule has 0 unspecified atom stereocenters. The summed E-state index contributed by atoms with van der Waals surface area (Å²) in [5, 5.41) is 0. The summed E-state index contributed by atoms with van der Waals surface area (Å²) in [7, 11) is 0. The Labute approximate surface area is 111 Å². The van der Waals surface area contributed by atoms with Crippen LogP contribution in [0.3, 0.4) is 0 Å². The van der Waals surface area contributed by atoms with Crippen molar-refractivity contribution in [2.75, 3.05) is 0 Å². The molecule has 0 amide bonds. The van der Waals surface area contributed by atoms with Gasteiger partial charge >= 0.3 is 17.1 Å². The average molecular weight is 300 g/mol. The van der Waals surface area contributed by atoms with Crippen LogP contribution in [0.15, 0.2) is 9.98 Å². The van der Waals surface area contributed by atoms with Gasteiger partial charge in [0, 0.05) is 0 Å². The number of aliphatic imine (C=N–C) groups is 2. The zero-order valence-corrected chi connectivity index (χ0v) is 11.2. The molecule has 77 valence electrons. The van der Waals surface area contributed by atoms with Crippen LogP contribution >= 0.6 is 24.4 Å². The van der Waals surface area contributed by atoms with Crippen molar-refractivity contribution in [1.29, 1.82) is 0 Å².